The van der Waals surface area contributed by atoms with Gasteiger partial charge in [-0.05, 0) is 44.2 Å². The van der Waals surface area contributed by atoms with E-state index in [0.717, 1.165) is 5.69 Å². The number of anilines is 2. The summed E-state index contributed by atoms with van der Waals surface area (Å²) in [6.45, 7) is 5.27. The summed E-state index contributed by atoms with van der Waals surface area (Å²) in [6.07, 6.45) is 1.83. The van der Waals surface area contributed by atoms with Crippen LogP contribution in [0, 0.1) is 6.92 Å². The van der Waals surface area contributed by atoms with Gasteiger partial charge >= 0.3 is 6.03 Å². The maximum atomic E-state index is 12.0. The normalized spacial score (nSPS) is 10.4. The third-order valence-corrected chi connectivity index (χ3v) is 3.76. The zero-order valence-corrected chi connectivity index (χ0v) is 15.8. The molecule has 2 heterocycles. The maximum absolute atomic E-state index is 12.0. The van der Waals surface area contributed by atoms with Crippen LogP contribution in [0.25, 0.3) is 5.82 Å². The van der Waals surface area contributed by atoms with Crippen LogP contribution in [0.4, 0.5) is 16.3 Å². The fourth-order valence-corrected chi connectivity index (χ4v) is 2.47. The van der Waals surface area contributed by atoms with Crippen LogP contribution in [-0.4, -0.2) is 45.7 Å². The minimum absolute atomic E-state index is 0.301. The van der Waals surface area contributed by atoms with Crippen LogP contribution in [0.2, 0.25) is 0 Å². The minimum atomic E-state index is -0.301. The third-order valence-electron chi connectivity index (χ3n) is 3.76. The monoisotopic (exact) mass is 381 g/mol. The molecule has 3 N–H and O–H groups in total. The molecule has 28 heavy (non-hydrogen) atoms. The first-order chi connectivity index (χ1) is 13.7. The van der Waals surface area contributed by atoms with Gasteiger partial charge in [-0.1, -0.05) is 12.1 Å². The van der Waals surface area contributed by atoms with Gasteiger partial charge < -0.3 is 20.7 Å². The molecule has 3 rings (SSSR count). The number of carbonyl (C=O) groups excluding carboxylic acids is 1. The molecule has 9 heteroatoms. The molecule has 9 nitrogen and oxygen atoms in total. The number of para-hydroxylation sites is 2. The molecule has 0 bridgehead atoms. The van der Waals surface area contributed by atoms with Crippen LogP contribution >= 0.6 is 0 Å². The van der Waals surface area contributed by atoms with E-state index < -0.39 is 0 Å². The van der Waals surface area contributed by atoms with Crippen molar-refractivity contribution in [3.05, 3.63) is 54.4 Å². The Hall–Kier alpha value is -3.62. The van der Waals surface area contributed by atoms with Crippen LogP contribution in [0.1, 0.15) is 12.6 Å². The van der Waals surface area contributed by atoms with Crippen molar-refractivity contribution in [1.29, 1.82) is 0 Å². The van der Waals surface area contributed by atoms with Crippen LogP contribution < -0.4 is 20.7 Å². The molecule has 0 saturated heterocycles. The molecule has 0 aliphatic rings. The maximum Gasteiger partial charge on any atom is 0.319 e. The average molecular weight is 381 g/mol. The topological polar surface area (TPSA) is 106 Å². The fourth-order valence-electron chi connectivity index (χ4n) is 2.47. The van der Waals surface area contributed by atoms with Crippen molar-refractivity contribution < 1.29 is 9.53 Å². The summed E-state index contributed by atoms with van der Waals surface area (Å²) < 4.78 is 7.15. The molecule has 0 radical (unpaired) electrons. The Labute approximate surface area is 163 Å². The van der Waals surface area contributed by atoms with Crippen LogP contribution in [0.5, 0.6) is 5.75 Å². The minimum Gasteiger partial charge on any atom is -0.492 e. The number of ether oxygens (including phenoxy) is 1. The highest BCUT2D eigenvalue weighted by molar-refractivity contribution is 5.90. The second-order valence-corrected chi connectivity index (χ2v) is 5.92. The first-order valence-corrected chi connectivity index (χ1v) is 9.02. The molecule has 146 valence electrons. The first-order valence-electron chi connectivity index (χ1n) is 9.02. The number of amides is 2. The van der Waals surface area contributed by atoms with Gasteiger partial charge in [0.25, 0.3) is 0 Å². The van der Waals surface area contributed by atoms with E-state index in [0.29, 0.717) is 42.8 Å². The van der Waals surface area contributed by atoms with E-state index in [1.54, 1.807) is 10.7 Å². The SMILES string of the molecule is CCOc1ccccc1NC(=O)NCCNc1ccc(-n2ccc(C)n2)nn1. The number of carbonyl (C=O) groups is 1. The van der Waals surface area contributed by atoms with E-state index in [4.69, 9.17) is 4.74 Å². The molecule has 0 unspecified atom stereocenters. The largest absolute Gasteiger partial charge is 0.492 e. The molecule has 3 aromatic rings. The van der Waals surface area contributed by atoms with Gasteiger partial charge in [0, 0.05) is 19.3 Å². The Kier molecular flexibility index (Phi) is 6.40. The summed E-state index contributed by atoms with van der Waals surface area (Å²) in [5.41, 5.74) is 1.54. The Morgan fingerprint density at radius 2 is 1.96 bits per heavy atom. The Morgan fingerprint density at radius 3 is 2.68 bits per heavy atom. The summed E-state index contributed by atoms with van der Waals surface area (Å²) in [7, 11) is 0. The Balaban J connectivity index is 1.42. The number of nitrogens with one attached hydrogen (secondary N) is 3. The molecule has 0 aliphatic carbocycles. The van der Waals surface area contributed by atoms with Gasteiger partial charge in [-0.15, -0.1) is 10.2 Å². The van der Waals surface area contributed by atoms with Gasteiger partial charge in [-0.3, -0.25) is 0 Å². The quantitative estimate of drug-likeness (QED) is 0.518. The lowest BCUT2D eigenvalue weighted by Crippen LogP contribution is -2.32. The lowest BCUT2D eigenvalue weighted by atomic mass is 10.3. The van der Waals surface area contributed by atoms with Crippen molar-refractivity contribution in [2.24, 2.45) is 0 Å². The highest BCUT2D eigenvalue weighted by Gasteiger charge is 2.06. The Morgan fingerprint density at radius 1 is 1.11 bits per heavy atom. The van der Waals surface area contributed by atoms with Crippen molar-refractivity contribution in [2.45, 2.75) is 13.8 Å². The fraction of sp³-hybridized carbons (Fsp3) is 0.263. The van der Waals surface area contributed by atoms with E-state index in [1.807, 2.05) is 56.4 Å². The van der Waals surface area contributed by atoms with E-state index in [9.17, 15) is 4.79 Å². The second-order valence-electron chi connectivity index (χ2n) is 5.92. The van der Waals surface area contributed by atoms with Crippen LogP contribution in [0.15, 0.2) is 48.7 Å². The highest BCUT2D eigenvalue weighted by Crippen LogP contribution is 2.23. The molecule has 0 saturated carbocycles. The average Bonchev–Trinajstić information content (AvgIpc) is 3.14. The molecule has 1 aromatic carbocycles. The zero-order chi connectivity index (χ0) is 19.8. The number of hydrogen-bond acceptors (Lipinski definition) is 6. The van der Waals surface area contributed by atoms with Crippen LogP contribution in [0.3, 0.4) is 0 Å². The van der Waals surface area contributed by atoms with Crippen molar-refractivity contribution in [3.63, 3.8) is 0 Å². The second kappa shape index (κ2) is 9.36. The van der Waals surface area contributed by atoms with Gasteiger partial charge in [0.1, 0.15) is 11.6 Å². The number of benzene rings is 1. The molecule has 2 amide bonds. The lowest BCUT2D eigenvalue weighted by molar-refractivity contribution is 0.252. The zero-order valence-electron chi connectivity index (χ0n) is 15.8. The lowest BCUT2D eigenvalue weighted by Gasteiger charge is -2.12. The molecule has 2 aromatic heterocycles. The molecule has 0 aliphatic heterocycles. The van der Waals surface area contributed by atoms with Crippen molar-refractivity contribution >= 4 is 17.5 Å². The molecular formula is C19H23N7O2. The number of aryl methyl sites for hydroxylation is 1. The van der Waals surface area contributed by atoms with Gasteiger partial charge in [-0.2, -0.15) is 5.10 Å². The molecule has 0 spiro atoms. The molecular weight excluding hydrogens is 358 g/mol. The number of aromatic nitrogens is 4. The number of urea groups is 1. The van der Waals surface area contributed by atoms with Crippen LogP contribution in [-0.2, 0) is 0 Å². The standard InChI is InChI=1S/C19H23N7O2/c1-3-28-16-7-5-4-6-15(16)22-19(27)21-12-11-20-17-8-9-18(24-23-17)26-13-10-14(2)25-26/h4-10,13H,3,11-12H2,1-2H3,(H,20,23)(H2,21,22,27). The van der Waals surface area contributed by atoms with Crippen molar-refractivity contribution in [1.82, 2.24) is 25.3 Å². The van der Waals surface area contributed by atoms with Gasteiger partial charge in [0.05, 0.1) is 18.0 Å². The van der Waals surface area contributed by atoms with E-state index >= 15 is 0 Å². The van der Waals surface area contributed by atoms with Gasteiger partial charge in [0.2, 0.25) is 0 Å². The molecule has 0 fully saturated rings. The summed E-state index contributed by atoms with van der Waals surface area (Å²) in [6, 6.07) is 12.5. The van der Waals surface area contributed by atoms with Crippen molar-refractivity contribution in [2.75, 3.05) is 30.3 Å². The number of rotatable bonds is 8. The summed E-state index contributed by atoms with van der Waals surface area (Å²) in [5, 5.41) is 21.2. The Bertz CT molecular complexity index is 909. The summed E-state index contributed by atoms with van der Waals surface area (Å²) in [4.78, 5) is 12.0. The third kappa shape index (κ3) is 5.19. The van der Waals surface area contributed by atoms with E-state index in [-0.39, 0.29) is 6.03 Å². The van der Waals surface area contributed by atoms with Gasteiger partial charge in [0.15, 0.2) is 5.82 Å². The van der Waals surface area contributed by atoms with Crippen molar-refractivity contribution in [3.8, 4) is 11.6 Å². The summed E-state index contributed by atoms with van der Waals surface area (Å²) in [5.74, 6) is 1.90. The predicted molar refractivity (Wildman–Crippen MR) is 107 cm³/mol. The van der Waals surface area contributed by atoms with E-state index in [1.165, 1.54) is 0 Å². The highest BCUT2D eigenvalue weighted by atomic mass is 16.5. The van der Waals surface area contributed by atoms with Gasteiger partial charge in [-0.25, -0.2) is 9.48 Å². The predicted octanol–water partition coefficient (Wildman–Crippen LogP) is 2.60. The number of nitrogens with zero attached hydrogens (tertiary/aromatic N) is 4. The first kappa shape index (κ1) is 19.2. The smallest absolute Gasteiger partial charge is 0.319 e. The summed E-state index contributed by atoms with van der Waals surface area (Å²) >= 11 is 0. The molecule has 0 atom stereocenters. The number of hydrogen-bond donors (Lipinski definition) is 3. The van der Waals surface area contributed by atoms with E-state index in [2.05, 4.69) is 31.2 Å².